The van der Waals surface area contributed by atoms with Crippen molar-refractivity contribution in [3.63, 3.8) is 0 Å². The van der Waals surface area contributed by atoms with Gasteiger partial charge in [0.25, 0.3) is 0 Å². The van der Waals surface area contributed by atoms with Crippen molar-refractivity contribution in [1.29, 1.82) is 0 Å². The van der Waals surface area contributed by atoms with E-state index in [1.165, 1.54) is 11.8 Å². The van der Waals surface area contributed by atoms with E-state index in [1.807, 2.05) is 11.9 Å². The Kier molecular flexibility index (Phi) is 5.73. The third-order valence-electron chi connectivity index (χ3n) is 2.70. The van der Waals surface area contributed by atoms with Crippen molar-refractivity contribution in [3.8, 4) is 0 Å². The van der Waals surface area contributed by atoms with Crippen molar-refractivity contribution < 1.29 is 14.7 Å². The highest BCUT2D eigenvalue weighted by molar-refractivity contribution is 8.00. The van der Waals surface area contributed by atoms with E-state index in [0.717, 1.165) is 26.2 Å². The number of thioether (sulfide) groups is 1. The quantitative estimate of drug-likeness (QED) is 0.653. The number of hydrogen-bond donors (Lipinski definition) is 2. The van der Waals surface area contributed by atoms with Gasteiger partial charge in [-0.1, -0.05) is 0 Å². The molecule has 0 aromatic heterocycles. The van der Waals surface area contributed by atoms with Crippen LogP contribution in [-0.4, -0.2) is 77.6 Å². The minimum Gasteiger partial charge on any atom is -0.480 e. The summed E-state index contributed by atoms with van der Waals surface area (Å²) in [5.41, 5.74) is 5.35. The maximum Gasteiger partial charge on any atom is 0.321 e. The third kappa shape index (κ3) is 4.93. The molecule has 1 heterocycles. The van der Waals surface area contributed by atoms with E-state index in [2.05, 4.69) is 4.90 Å². The molecule has 0 spiro atoms. The Hall–Kier alpha value is -0.790. The van der Waals surface area contributed by atoms with Crippen molar-refractivity contribution in [2.75, 3.05) is 44.7 Å². The van der Waals surface area contributed by atoms with Gasteiger partial charge in [-0.3, -0.25) is 9.59 Å². The van der Waals surface area contributed by atoms with E-state index in [4.69, 9.17) is 10.8 Å². The number of nitrogens with zero attached hydrogens (tertiary/aromatic N) is 2. The van der Waals surface area contributed by atoms with Crippen LogP contribution in [0.25, 0.3) is 0 Å². The summed E-state index contributed by atoms with van der Waals surface area (Å²) in [5, 5.41) is 8.59. The van der Waals surface area contributed by atoms with E-state index in [1.54, 1.807) is 0 Å². The predicted molar refractivity (Wildman–Crippen MR) is 67.0 cm³/mol. The van der Waals surface area contributed by atoms with E-state index in [9.17, 15) is 9.59 Å². The fourth-order valence-electron chi connectivity index (χ4n) is 1.49. The van der Waals surface area contributed by atoms with Crippen LogP contribution in [-0.2, 0) is 9.59 Å². The van der Waals surface area contributed by atoms with Crippen molar-refractivity contribution in [2.45, 2.75) is 6.04 Å². The zero-order valence-corrected chi connectivity index (χ0v) is 10.8. The largest absolute Gasteiger partial charge is 0.480 e. The van der Waals surface area contributed by atoms with Gasteiger partial charge in [0.1, 0.15) is 6.04 Å². The SMILES string of the molecule is CN1CCN(C(=O)CSC[C@@H](N)C(=O)O)CC1. The predicted octanol–water partition coefficient (Wildman–Crippen LogP) is -1.09. The van der Waals surface area contributed by atoms with Gasteiger partial charge in [-0.25, -0.2) is 0 Å². The molecule has 1 atom stereocenters. The molecule has 1 aliphatic rings. The van der Waals surface area contributed by atoms with Crippen molar-refractivity contribution in [2.24, 2.45) is 5.73 Å². The summed E-state index contributed by atoms with van der Waals surface area (Å²) in [7, 11) is 2.03. The molecule has 0 aliphatic carbocycles. The summed E-state index contributed by atoms with van der Waals surface area (Å²) in [6.45, 7) is 3.29. The van der Waals surface area contributed by atoms with Gasteiger partial charge < -0.3 is 20.6 Å². The van der Waals surface area contributed by atoms with Crippen molar-refractivity contribution >= 4 is 23.6 Å². The number of carbonyl (C=O) groups excluding carboxylic acids is 1. The first-order valence-electron chi connectivity index (χ1n) is 5.53. The molecule has 0 aromatic rings. The molecule has 1 amide bonds. The maximum absolute atomic E-state index is 11.8. The second-order valence-electron chi connectivity index (χ2n) is 4.14. The number of carboxylic acid groups (broad SMARTS) is 1. The highest BCUT2D eigenvalue weighted by Crippen LogP contribution is 2.06. The Morgan fingerprint density at radius 2 is 1.94 bits per heavy atom. The summed E-state index contributed by atoms with van der Waals surface area (Å²) >= 11 is 1.28. The molecular formula is C10H19N3O3S. The number of rotatable bonds is 5. The lowest BCUT2D eigenvalue weighted by Crippen LogP contribution is -2.47. The lowest BCUT2D eigenvalue weighted by molar-refractivity contribution is -0.138. The maximum atomic E-state index is 11.8. The number of nitrogens with two attached hydrogens (primary N) is 1. The number of carboxylic acids is 1. The molecule has 1 aliphatic heterocycles. The molecule has 3 N–H and O–H groups in total. The fraction of sp³-hybridized carbons (Fsp3) is 0.800. The van der Waals surface area contributed by atoms with Crippen LogP contribution >= 0.6 is 11.8 Å². The summed E-state index contributed by atoms with van der Waals surface area (Å²) in [4.78, 5) is 26.2. The van der Waals surface area contributed by atoms with Crippen LogP contribution < -0.4 is 5.73 Å². The molecule has 0 unspecified atom stereocenters. The van der Waals surface area contributed by atoms with Crippen molar-refractivity contribution in [3.05, 3.63) is 0 Å². The highest BCUT2D eigenvalue weighted by Gasteiger charge is 2.19. The molecule has 98 valence electrons. The van der Waals surface area contributed by atoms with Gasteiger partial charge in [0.15, 0.2) is 0 Å². The van der Waals surface area contributed by atoms with Gasteiger partial charge in [0, 0.05) is 31.9 Å². The van der Waals surface area contributed by atoms with Gasteiger partial charge in [-0.2, -0.15) is 0 Å². The number of hydrogen-bond acceptors (Lipinski definition) is 5. The highest BCUT2D eigenvalue weighted by atomic mass is 32.2. The Balaban J connectivity index is 2.19. The first-order chi connectivity index (χ1) is 8.00. The van der Waals surface area contributed by atoms with Crippen LogP contribution in [0, 0.1) is 0 Å². The van der Waals surface area contributed by atoms with E-state index in [0.29, 0.717) is 5.75 Å². The van der Waals surface area contributed by atoms with Crippen LogP contribution in [0.2, 0.25) is 0 Å². The number of amides is 1. The molecule has 1 rings (SSSR count). The monoisotopic (exact) mass is 261 g/mol. The third-order valence-corrected chi connectivity index (χ3v) is 3.74. The first kappa shape index (κ1) is 14.3. The van der Waals surface area contributed by atoms with E-state index >= 15 is 0 Å². The average molecular weight is 261 g/mol. The molecule has 7 heteroatoms. The van der Waals surface area contributed by atoms with Crippen LogP contribution in [0.15, 0.2) is 0 Å². The van der Waals surface area contributed by atoms with Gasteiger partial charge in [-0.15, -0.1) is 11.8 Å². The molecule has 0 aromatic carbocycles. The van der Waals surface area contributed by atoms with Gasteiger partial charge >= 0.3 is 5.97 Å². The zero-order valence-electron chi connectivity index (χ0n) is 9.96. The Morgan fingerprint density at radius 1 is 1.35 bits per heavy atom. The zero-order chi connectivity index (χ0) is 12.8. The molecule has 1 fully saturated rings. The number of likely N-dealkylation sites (N-methyl/N-ethyl adjacent to an activating group) is 1. The molecule has 0 radical (unpaired) electrons. The van der Waals surface area contributed by atoms with Gasteiger partial charge in [0.2, 0.25) is 5.91 Å². The van der Waals surface area contributed by atoms with E-state index in [-0.39, 0.29) is 11.7 Å². The minimum absolute atomic E-state index is 0.0701. The molecule has 17 heavy (non-hydrogen) atoms. The lowest BCUT2D eigenvalue weighted by Gasteiger charge is -2.32. The molecule has 0 saturated carbocycles. The molecule has 0 bridgehead atoms. The van der Waals surface area contributed by atoms with Crippen LogP contribution in [0.3, 0.4) is 0 Å². The molecule has 1 saturated heterocycles. The Bertz CT molecular complexity index is 280. The summed E-state index contributed by atoms with van der Waals surface area (Å²) in [6.07, 6.45) is 0. The van der Waals surface area contributed by atoms with Crippen LogP contribution in [0.5, 0.6) is 0 Å². The lowest BCUT2D eigenvalue weighted by atomic mass is 10.3. The number of piperazine rings is 1. The van der Waals surface area contributed by atoms with Gasteiger partial charge in [0.05, 0.1) is 5.75 Å². The van der Waals surface area contributed by atoms with Gasteiger partial charge in [-0.05, 0) is 7.05 Å². The van der Waals surface area contributed by atoms with Crippen LogP contribution in [0.1, 0.15) is 0 Å². The Morgan fingerprint density at radius 3 is 2.47 bits per heavy atom. The summed E-state index contributed by atoms with van der Waals surface area (Å²) in [5.74, 6) is -0.371. The number of carbonyl (C=O) groups is 2. The topological polar surface area (TPSA) is 86.9 Å². The summed E-state index contributed by atoms with van der Waals surface area (Å²) in [6, 6.07) is -0.889. The average Bonchev–Trinajstić information content (AvgIpc) is 2.29. The number of aliphatic carboxylic acids is 1. The summed E-state index contributed by atoms with van der Waals surface area (Å²) < 4.78 is 0. The Labute approximate surface area is 105 Å². The molecule has 6 nitrogen and oxygen atoms in total. The second-order valence-corrected chi connectivity index (χ2v) is 5.17. The first-order valence-corrected chi connectivity index (χ1v) is 6.68. The van der Waals surface area contributed by atoms with Crippen molar-refractivity contribution in [1.82, 2.24) is 9.80 Å². The minimum atomic E-state index is -1.02. The second kappa shape index (κ2) is 6.83. The standard InChI is InChI=1S/C10H19N3O3S/c1-12-2-4-13(5-3-12)9(14)7-17-6-8(11)10(15)16/h8H,2-7,11H2,1H3,(H,15,16)/t8-/m1/s1. The normalized spacial score (nSPS) is 19.1. The molecular weight excluding hydrogens is 242 g/mol. The fourth-order valence-corrected chi connectivity index (χ4v) is 2.36. The smallest absolute Gasteiger partial charge is 0.321 e. The van der Waals surface area contributed by atoms with Crippen LogP contribution in [0.4, 0.5) is 0 Å². The van der Waals surface area contributed by atoms with E-state index < -0.39 is 12.0 Å².